The van der Waals surface area contributed by atoms with Gasteiger partial charge in [-0.25, -0.2) is 0 Å². The predicted octanol–water partition coefficient (Wildman–Crippen LogP) is 3.30. The van der Waals surface area contributed by atoms with E-state index in [0.29, 0.717) is 6.42 Å². The van der Waals surface area contributed by atoms with Crippen LogP contribution in [0.15, 0.2) is 12.2 Å². The molecule has 0 bridgehead atoms. The largest absolute Gasteiger partial charge is 0.411 e. The van der Waals surface area contributed by atoms with Gasteiger partial charge in [0.05, 0.1) is 6.10 Å². The summed E-state index contributed by atoms with van der Waals surface area (Å²) in [7, 11) is -1.68. The third-order valence-electron chi connectivity index (χ3n) is 3.42. The molecule has 86 valence electrons. The lowest BCUT2D eigenvalue weighted by atomic mass is 10.0. The van der Waals surface area contributed by atoms with Crippen LogP contribution in [-0.2, 0) is 9.22 Å². The minimum absolute atomic E-state index is 0.156. The molecule has 1 atom stereocenters. The fourth-order valence-electron chi connectivity index (χ4n) is 1.33. The molecule has 0 unspecified atom stereocenters. The topological polar surface area (TPSA) is 26.3 Å². The summed E-state index contributed by atoms with van der Waals surface area (Å²) in [6.45, 7) is 11.2. The van der Waals surface area contributed by atoms with Gasteiger partial charge in [-0.15, -0.1) is 0 Å². The van der Waals surface area contributed by atoms with Gasteiger partial charge < -0.3 is 4.43 Å². The average Bonchev–Trinajstić information content (AvgIpc) is 2.06. The summed E-state index contributed by atoms with van der Waals surface area (Å²) in [4.78, 5) is 11.0. The Labute approximate surface area is 93.8 Å². The van der Waals surface area contributed by atoms with Crippen molar-refractivity contribution in [1.82, 2.24) is 0 Å². The van der Waals surface area contributed by atoms with E-state index < -0.39 is 8.32 Å². The molecular weight excluding hydrogens is 204 g/mol. The second-order valence-electron chi connectivity index (χ2n) is 5.78. The molecule has 1 aliphatic carbocycles. The Balaban J connectivity index is 2.63. The maximum Gasteiger partial charge on any atom is 0.192 e. The van der Waals surface area contributed by atoms with Crippen molar-refractivity contribution in [2.24, 2.45) is 0 Å². The molecule has 0 aromatic heterocycles. The van der Waals surface area contributed by atoms with Crippen LogP contribution in [-0.4, -0.2) is 20.2 Å². The Hall–Kier alpha value is -0.413. The van der Waals surface area contributed by atoms with E-state index in [9.17, 15) is 4.79 Å². The first-order valence-corrected chi connectivity index (χ1v) is 8.52. The molecule has 0 heterocycles. The molecule has 0 fully saturated rings. The first-order valence-electron chi connectivity index (χ1n) is 5.61. The second kappa shape index (κ2) is 4.22. The monoisotopic (exact) mass is 226 g/mol. The van der Waals surface area contributed by atoms with Crippen LogP contribution >= 0.6 is 0 Å². The number of allylic oxidation sites excluding steroid dienone is 1. The van der Waals surface area contributed by atoms with Crippen molar-refractivity contribution in [3.63, 3.8) is 0 Å². The Kier molecular flexibility index (Phi) is 3.56. The van der Waals surface area contributed by atoms with E-state index in [4.69, 9.17) is 4.43 Å². The van der Waals surface area contributed by atoms with Crippen molar-refractivity contribution in [3.8, 4) is 0 Å². The SMILES string of the molecule is CC(C)(C)[Si](C)(C)O[C@@H]1C=CC(=O)CC1. The van der Waals surface area contributed by atoms with Gasteiger partial charge in [0.2, 0.25) is 0 Å². The van der Waals surface area contributed by atoms with Gasteiger partial charge in [0.1, 0.15) is 0 Å². The van der Waals surface area contributed by atoms with Gasteiger partial charge in [-0.2, -0.15) is 0 Å². The molecule has 1 rings (SSSR count). The van der Waals surface area contributed by atoms with E-state index in [1.165, 1.54) is 0 Å². The van der Waals surface area contributed by atoms with Crippen LogP contribution < -0.4 is 0 Å². The molecule has 0 N–H and O–H groups in total. The molecule has 0 radical (unpaired) electrons. The van der Waals surface area contributed by atoms with Crippen LogP contribution in [0.25, 0.3) is 0 Å². The van der Waals surface area contributed by atoms with Crippen LogP contribution in [0.1, 0.15) is 33.6 Å². The van der Waals surface area contributed by atoms with E-state index in [1.54, 1.807) is 6.08 Å². The third kappa shape index (κ3) is 3.28. The number of carbonyl (C=O) groups excluding carboxylic acids is 1. The first-order chi connectivity index (χ1) is 6.72. The molecular formula is C12H22O2Si. The van der Waals surface area contributed by atoms with Gasteiger partial charge in [0, 0.05) is 6.42 Å². The normalized spacial score (nSPS) is 23.3. The summed E-state index contributed by atoms with van der Waals surface area (Å²) >= 11 is 0. The molecule has 0 spiro atoms. The van der Waals surface area contributed by atoms with Crippen LogP contribution in [0.5, 0.6) is 0 Å². The van der Waals surface area contributed by atoms with Gasteiger partial charge in [0.25, 0.3) is 0 Å². The zero-order valence-corrected chi connectivity index (χ0v) is 11.5. The van der Waals surface area contributed by atoms with Crippen molar-refractivity contribution in [1.29, 1.82) is 0 Å². The molecule has 0 aliphatic heterocycles. The third-order valence-corrected chi connectivity index (χ3v) is 7.93. The van der Waals surface area contributed by atoms with Crippen LogP contribution in [0.2, 0.25) is 18.1 Å². The Morgan fingerprint density at radius 3 is 2.40 bits per heavy atom. The smallest absolute Gasteiger partial charge is 0.192 e. The molecule has 2 nitrogen and oxygen atoms in total. The summed E-state index contributed by atoms with van der Waals surface area (Å²) in [5.41, 5.74) is 0. The standard InChI is InChI=1S/C12H22O2Si/c1-12(2,3)15(4,5)14-11-8-6-10(13)7-9-11/h6,8,11H,7,9H2,1-5H3/t11-/m1/s1. The Morgan fingerprint density at radius 2 is 2.00 bits per heavy atom. The molecule has 0 saturated carbocycles. The van der Waals surface area contributed by atoms with Gasteiger partial charge >= 0.3 is 0 Å². The summed E-state index contributed by atoms with van der Waals surface area (Å²) in [5.74, 6) is 0.227. The molecule has 0 aromatic rings. The van der Waals surface area contributed by atoms with Gasteiger partial charge in [-0.3, -0.25) is 4.79 Å². The van der Waals surface area contributed by atoms with Crippen molar-refractivity contribution >= 4 is 14.1 Å². The highest BCUT2D eigenvalue weighted by molar-refractivity contribution is 6.74. The number of hydrogen-bond acceptors (Lipinski definition) is 2. The molecule has 15 heavy (non-hydrogen) atoms. The Bertz CT molecular complexity index is 274. The average molecular weight is 226 g/mol. The van der Waals surface area contributed by atoms with Crippen LogP contribution in [0, 0.1) is 0 Å². The van der Waals surface area contributed by atoms with E-state index in [2.05, 4.69) is 33.9 Å². The number of rotatable bonds is 2. The highest BCUT2D eigenvalue weighted by atomic mass is 28.4. The van der Waals surface area contributed by atoms with Gasteiger partial charge in [0.15, 0.2) is 14.1 Å². The fraction of sp³-hybridized carbons (Fsp3) is 0.750. The Morgan fingerprint density at radius 1 is 1.40 bits per heavy atom. The van der Waals surface area contributed by atoms with Crippen molar-refractivity contribution in [2.75, 3.05) is 0 Å². The predicted molar refractivity (Wildman–Crippen MR) is 65.5 cm³/mol. The van der Waals surface area contributed by atoms with E-state index in [-0.39, 0.29) is 16.9 Å². The summed E-state index contributed by atoms with van der Waals surface area (Å²) in [6, 6.07) is 0. The molecule has 3 heteroatoms. The van der Waals surface area contributed by atoms with E-state index >= 15 is 0 Å². The van der Waals surface area contributed by atoms with E-state index in [1.807, 2.05) is 6.08 Å². The maximum absolute atomic E-state index is 11.0. The highest BCUT2D eigenvalue weighted by Crippen LogP contribution is 2.38. The highest BCUT2D eigenvalue weighted by Gasteiger charge is 2.38. The number of carbonyl (C=O) groups is 1. The van der Waals surface area contributed by atoms with Gasteiger partial charge in [-0.05, 0) is 30.6 Å². The maximum atomic E-state index is 11.0. The quantitative estimate of drug-likeness (QED) is 0.675. The summed E-state index contributed by atoms with van der Waals surface area (Å²) < 4.78 is 6.19. The van der Waals surface area contributed by atoms with E-state index in [0.717, 1.165) is 6.42 Å². The minimum Gasteiger partial charge on any atom is -0.411 e. The fourth-order valence-corrected chi connectivity index (χ4v) is 2.64. The lowest BCUT2D eigenvalue weighted by Crippen LogP contribution is -2.44. The first kappa shape index (κ1) is 12.7. The zero-order chi connectivity index (χ0) is 11.7. The van der Waals surface area contributed by atoms with Crippen LogP contribution in [0.4, 0.5) is 0 Å². The van der Waals surface area contributed by atoms with Crippen molar-refractivity contribution < 1.29 is 9.22 Å². The molecule has 0 saturated heterocycles. The summed E-state index contributed by atoms with van der Waals surface area (Å²) in [5, 5.41) is 0.238. The molecule has 0 aromatic carbocycles. The zero-order valence-electron chi connectivity index (χ0n) is 10.5. The summed E-state index contributed by atoms with van der Waals surface area (Å²) in [6.07, 6.45) is 5.23. The van der Waals surface area contributed by atoms with Crippen LogP contribution in [0.3, 0.4) is 0 Å². The van der Waals surface area contributed by atoms with Crippen molar-refractivity contribution in [2.45, 2.75) is 57.8 Å². The van der Waals surface area contributed by atoms with Crippen molar-refractivity contribution in [3.05, 3.63) is 12.2 Å². The number of hydrogen-bond donors (Lipinski definition) is 0. The second-order valence-corrected chi connectivity index (χ2v) is 10.5. The molecule has 0 amide bonds. The van der Waals surface area contributed by atoms with Gasteiger partial charge in [-0.1, -0.05) is 26.8 Å². The lowest BCUT2D eigenvalue weighted by molar-refractivity contribution is -0.115. The lowest BCUT2D eigenvalue weighted by Gasteiger charge is -2.39. The number of ketones is 1. The minimum atomic E-state index is -1.68. The molecule has 1 aliphatic rings.